The molecule has 4 aromatic rings. The van der Waals surface area contributed by atoms with Crippen molar-refractivity contribution in [2.24, 2.45) is 0 Å². The zero-order chi connectivity index (χ0) is 22.7. The van der Waals surface area contributed by atoms with E-state index in [4.69, 9.17) is 4.42 Å². The maximum Gasteiger partial charge on any atom is 0.268 e. The maximum atomic E-state index is 10.1. The highest BCUT2D eigenvalue weighted by atomic mass is 32.3. The molecule has 9 heteroatoms. The minimum atomic E-state index is -2.76. The van der Waals surface area contributed by atoms with Crippen LogP contribution >= 0.6 is 10.6 Å². The second kappa shape index (κ2) is 9.17. The normalized spacial score (nSPS) is 12.2. The summed E-state index contributed by atoms with van der Waals surface area (Å²) in [5.74, 6) is 0.984. The van der Waals surface area contributed by atoms with E-state index in [9.17, 15) is 9.11 Å². The first-order valence-electron chi connectivity index (χ1n) is 10.2. The van der Waals surface area contributed by atoms with Crippen molar-refractivity contribution < 1.29 is 13.5 Å². The summed E-state index contributed by atoms with van der Waals surface area (Å²) in [6.45, 7) is 4.37. The molecule has 0 aliphatic carbocycles. The van der Waals surface area contributed by atoms with Crippen LogP contribution in [0.5, 0.6) is 0 Å². The van der Waals surface area contributed by atoms with Gasteiger partial charge >= 0.3 is 0 Å². The van der Waals surface area contributed by atoms with E-state index in [1.807, 2.05) is 38.2 Å². The number of nitrogens with zero attached hydrogens (tertiary/aromatic N) is 4. The summed E-state index contributed by atoms with van der Waals surface area (Å²) in [7, 11) is -0.852. The van der Waals surface area contributed by atoms with Crippen molar-refractivity contribution in [1.82, 2.24) is 25.5 Å². The second-order valence-electron chi connectivity index (χ2n) is 7.31. The van der Waals surface area contributed by atoms with Crippen LogP contribution in [0.3, 0.4) is 0 Å². The van der Waals surface area contributed by atoms with E-state index in [0.29, 0.717) is 33.8 Å². The SMILES string of the molecule is CCS(O)(O)c1ccc(-c2cnc(C)c(-c3nnc(-c4ccc(CNC)cc4)o3)n2)cc1. The molecule has 4 rings (SSSR count). The van der Waals surface area contributed by atoms with E-state index in [2.05, 4.69) is 25.5 Å². The number of benzene rings is 2. The van der Waals surface area contributed by atoms with Crippen LogP contribution in [0.2, 0.25) is 0 Å². The summed E-state index contributed by atoms with van der Waals surface area (Å²) in [4.78, 5) is 9.63. The predicted octanol–water partition coefficient (Wildman–Crippen LogP) is 5.02. The van der Waals surface area contributed by atoms with Crippen LogP contribution < -0.4 is 5.32 Å². The Bertz CT molecular complexity index is 1210. The lowest BCUT2D eigenvalue weighted by molar-refractivity contribution is 0.488. The Morgan fingerprint density at radius 1 is 0.938 bits per heavy atom. The first-order valence-corrected chi connectivity index (χ1v) is 11.9. The molecule has 3 N–H and O–H groups in total. The van der Waals surface area contributed by atoms with Crippen molar-refractivity contribution in [2.75, 3.05) is 12.8 Å². The minimum Gasteiger partial charge on any atom is -0.415 e. The highest BCUT2D eigenvalue weighted by molar-refractivity contribution is 8.24. The third kappa shape index (κ3) is 4.56. The van der Waals surface area contributed by atoms with Crippen molar-refractivity contribution >= 4 is 10.6 Å². The highest BCUT2D eigenvalue weighted by Gasteiger charge is 2.17. The minimum absolute atomic E-state index is 0.276. The number of hydrogen-bond donors (Lipinski definition) is 3. The van der Waals surface area contributed by atoms with Gasteiger partial charge in [-0.3, -0.25) is 14.1 Å². The number of hydrogen-bond acceptors (Lipinski definition) is 8. The van der Waals surface area contributed by atoms with Gasteiger partial charge in [0.05, 0.1) is 22.5 Å². The van der Waals surface area contributed by atoms with E-state index in [0.717, 1.165) is 23.2 Å². The average Bonchev–Trinajstić information content (AvgIpc) is 3.30. The largest absolute Gasteiger partial charge is 0.415 e. The van der Waals surface area contributed by atoms with Crippen LogP contribution in [0, 0.1) is 6.92 Å². The number of aromatic nitrogens is 4. The summed E-state index contributed by atoms with van der Waals surface area (Å²) < 4.78 is 26.1. The van der Waals surface area contributed by atoms with Crippen LogP contribution in [0.25, 0.3) is 34.3 Å². The molecular weight excluding hydrogens is 426 g/mol. The van der Waals surface area contributed by atoms with Gasteiger partial charge in [-0.25, -0.2) is 4.98 Å². The van der Waals surface area contributed by atoms with Gasteiger partial charge in [0.25, 0.3) is 5.89 Å². The van der Waals surface area contributed by atoms with Gasteiger partial charge in [-0.15, -0.1) is 10.2 Å². The topological polar surface area (TPSA) is 117 Å². The molecular formula is C23H25N5O3S. The molecule has 2 heterocycles. The molecule has 0 aliphatic heterocycles. The molecule has 0 aliphatic rings. The lowest BCUT2D eigenvalue weighted by Crippen LogP contribution is -2.04. The Morgan fingerprint density at radius 3 is 2.25 bits per heavy atom. The first-order chi connectivity index (χ1) is 15.4. The van der Waals surface area contributed by atoms with E-state index >= 15 is 0 Å². The Morgan fingerprint density at radius 2 is 1.59 bits per heavy atom. The Kier molecular flexibility index (Phi) is 6.33. The number of rotatable bonds is 7. The summed E-state index contributed by atoms with van der Waals surface area (Å²) >= 11 is 0. The zero-order valence-electron chi connectivity index (χ0n) is 18.1. The molecule has 0 spiro atoms. The molecule has 0 saturated carbocycles. The van der Waals surface area contributed by atoms with Crippen LogP contribution in [0.1, 0.15) is 18.2 Å². The monoisotopic (exact) mass is 451 g/mol. The molecule has 0 fully saturated rings. The molecule has 8 nitrogen and oxygen atoms in total. The Balaban J connectivity index is 1.62. The van der Waals surface area contributed by atoms with E-state index in [1.54, 1.807) is 37.4 Å². The van der Waals surface area contributed by atoms with Gasteiger partial charge in [-0.2, -0.15) is 10.6 Å². The summed E-state index contributed by atoms with van der Waals surface area (Å²) in [5.41, 5.74) is 4.60. The third-order valence-electron chi connectivity index (χ3n) is 5.09. The maximum absolute atomic E-state index is 10.1. The fraction of sp³-hybridized carbons (Fsp3) is 0.217. The van der Waals surface area contributed by atoms with Gasteiger partial charge in [-0.1, -0.05) is 24.3 Å². The second-order valence-corrected chi connectivity index (χ2v) is 9.69. The van der Waals surface area contributed by atoms with Gasteiger partial charge in [0.1, 0.15) is 5.69 Å². The van der Waals surface area contributed by atoms with E-state index < -0.39 is 10.6 Å². The molecule has 0 radical (unpaired) electrons. The molecule has 2 aromatic heterocycles. The number of nitrogens with one attached hydrogen (secondary N) is 1. The molecule has 0 amide bonds. The molecule has 32 heavy (non-hydrogen) atoms. The van der Waals surface area contributed by atoms with Crippen LogP contribution in [0.4, 0.5) is 0 Å². The molecule has 0 bridgehead atoms. The molecule has 0 saturated heterocycles. The summed E-state index contributed by atoms with van der Waals surface area (Å²) in [6, 6.07) is 14.9. The zero-order valence-corrected chi connectivity index (χ0v) is 18.9. The van der Waals surface area contributed by atoms with Gasteiger partial charge in [0, 0.05) is 23.4 Å². The van der Waals surface area contributed by atoms with Crippen LogP contribution in [-0.4, -0.2) is 42.1 Å². The summed E-state index contributed by atoms with van der Waals surface area (Å²) in [6.07, 6.45) is 1.67. The van der Waals surface area contributed by atoms with Gasteiger partial charge in [0.2, 0.25) is 5.89 Å². The van der Waals surface area contributed by atoms with Crippen LogP contribution in [0.15, 0.2) is 64.0 Å². The quantitative estimate of drug-likeness (QED) is 0.359. The molecule has 0 unspecified atom stereocenters. The van der Waals surface area contributed by atoms with Gasteiger partial charge in [0.15, 0.2) is 0 Å². The molecule has 166 valence electrons. The van der Waals surface area contributed by atoms with Crippen molar-refractivity contribution in [3.8, 4) is 34.3 Å². The average molecular weight is 452 g/mol. The van der Waals surface area contributed by atoms with Gasteiger partial charge < -0.3 is 9.73 Å². The van der Waals surface area contributed by atoms with E-state index in [1.165, 1.54) is 0 Å². The van der Waals surface area contributed by atoms with Crippen molar-refractivity contribution in [1.29, 1.82) is 0 Å². The lowest BCUT2D eigenvalue weighted by atomic mass is 10.1. The molecule has 0 atom stereocenters. The van der Waals surface area contributed by atoms with Crippen molar-refractivity contribution in [3.63, 3.8) is 0 Å². The molecule has 2 aromatic carbocycles. The van der Waals surface area contributed by atoms with Crippen molar-refractivity contribution in [3.05, 3.63) is 66.0 Å². The van der Waals surface area contributed by atoms with Gasteiger partial charge in [-0.05, 0) is 50.7 Å². The van der Waals surface area contributed by atoms with E-state index in [-0.39, 0.29) is 5.75 Å². The lowest BCUT2D eigenvalue weighted by Gasteiger charge is -2.30. The summed E-state index contributed by atoms with van der Waals surface area (Å²) in [5, 5.41) is 11.5. The fourth-order valence-corrected chi connectivity index (χ4v) is 4.11. The third-order valence-corrected chi connectivity index (χ3v) is 6.93. The highest BCUT2D eigenvalue weighted by Crippen LogP contribution is 2.47. The Labute approximate surface area is 188 Å². The van der Waals surface area contributed by atoms with Crippen molar-refractivity contribution in [2.45, 2.75) is 25.3 Å². The standard InChI is InChI=1S/C23H25N5O3S/c1-4-32(29,30)19-11-9-17(10-12-19)20-14-25-15(2)21(26-20)23-28-27-22(31-23)18-7-5-16(6-8-18)13-24-3/h5-12,14,24,29-30H,4,13H2,1-3H3. The van der Waals surface area contributed by atoms with Crippen LogP contribution in [-0.2, 0) is 6.54 Å². The fourth-order valence-electron chi connectivity index (χ4n) is 3.21. The predicted molar refractivity (Wildman–Crippen MR) is 125 cm³/mol. The Hall–Kier alpha value is -3.11. The number of aryl methyl sites for hydroxylation is 1. The smallest absolute Gasteiger partial charge is 0.268 e. The first kappa shape index (κ1) is 22.1.